The normalized spacial score (nSPS) is 20.1. The van der Waals surface area contributed by atoms with Gasteiger partial charge >= 0.3 is 0 Å². The summed E-state index contributed by atoms with van der Waals surface area (Å²) >= 11 is 11.5. The second kappa shape index (κ2) is 4.39. The fourth-order valence-electron chi connectivity index (χ4n) is 1.78. The van der Waals surface area contributed by atoms with E-state index in [4.69, 9.17) is 28.9 Å². The van der Waals surface area contributed by atoms with Crippen LogP contribution in [-0.2, 0) is 4.79 Å². The van der Waals surface area contributed by atoms with E-state index in [1.165, 1.54) is 0 Å². The average molecular weight is 262 g/mol. The average Bonchev–Trinajstić information content (AvgIpc) is 2.70. The standard InChI is InChI=1S/C8H9Cl2N5O/c9-5-7(12-8(10)14-13-5)15-3-1-2-4(15)6(11)16/h4H,1-3H2,(H2,11,16). The summed E-state index contributed by atoms with van der Waals surface area (Å²) in [4.78, 5) is 16.9. The number of anilines is 1. The van der Waals surface area contributed by atoms with E-state index in [0.29, 0.717) is 18.8 Å². The van der Waals surface area contributed by atoms with Gasteiger partial charge in [0, 0.05) is 6.54 Å². The summed E-state index contributed by atoms with van der Waals surface area (Å²) < 4.78 is 0. The SMILES string of the molecule is NC(=O)C1CCCN1c1nc(Cl)nnc1Cl. The molecule has 1 atom stereocenters. The molecule has 1 aliphatic rings. The molecule has 2 heterocycles. The largest absolute Gasteiger partial charge is 0.368 e. The van der Waals surface area contributed by atoms with E-state index in [9.17, 15) is 4.79 Å². The van der Waals surface area contributed by atoms with Gasteiger partial charge in [0.05, 0.1) is 0 Å². The molecular formula is C8H9Cl2N5O. The maximum absolute atomic E-state index is 11.2. The van der Waals surface area contributed by atoms with Gasteiger partial charge in [-0.2, -0.15) is 4.98 Å². The first kappa shape index (κ1) is 11.3. The lowest BCUT2D eigenvalue weighted by molar-refractivity contribution is -0.119. The number of hydrogen-bond acceptors (Lipinski definition) is 5. The number of rotatable bonds is 2. The van der Waals surface area contributed by atoms with Crippen LogP contribution in [0.3, 0.4) is 0 Å². The lowest BCUT2D eigenvalue weighted by Crippen LogP contribution is -2.41. The zero-order valence-electron chi connectivity index (χ0n) is 8.23. The van der Waals surface area contributed by atoms with Crippen molar-refractivity contribution >= 4 is 34.9 Å². The van der Waals surface area contributed by atoms with Crippen LogP contribution in [-0.4, -0.2) is 33.7 Å². The fourth-order valence-corrected chi connectivity index (χ4v) is 2.09. The summed E-state index contributed by atoms with van der Waals surface area (Å²) in [5.41, 5.74) is 5.29. The minimum Gasteiger partial charge on any atom is -0.368 e. The number of amides is 1. The molecule has 1 aliphatic heterocycles. The number of hydrogen-bond donors (Lipinski definition) is 1. The highest BCUT2D eigenvalue weighted by Gasteiger charge is 2.31. The lowest BCUT2D eigenvalue weighted by atomic mass is 10.2. The monoisotopic (exact) mass is 261 g/mol. The molecule has 16 heavy (non-hydrogen) atoms. The third kappa shape index (κ3) is 2.03. The maximum atomic E-state index is 11.2. The van der Waals surface area contributed by atoms with Crippen molar-refractivity contribution in [2.24, 2.45) is 5.73 Å². The number of carbonyl (C=O) groups is 1. The van der Waals surface area contributed by atoms with Crippen molar-refractivity contribution in [1.29, 1.82) is 0 Å². The molecule has 2 rings (SSSR count). The topological polar surface area (TPSA) is 85.0 Å². The highest BCUT2D eigenvalue weighted by atomic mass is 35.5. The van der Waals surface area contributed by atoms with Crippen LogP contribution in [0.4, 0.5) is 5.82 Å². The third-order valence-electron chi connectivity index (χ3n) is 2.46. The van der Waals surface area contributed by atoms with Crippen molar-refractivity contribution in [3.63, 3.8) is 0 Å². The Bertz CT molecular complexity index is 427. The van der Waals surface area contributed by atoms with E-state index in [1.807, 2.05) is 0 Å². The third-order valence-corrected chi connectivity index (χ3v) is 2.86. The fraction of sp³-hybridized carbons (Fsp3) is 0.500. The predicted molar refractivity (Wildman–Crippen MR) is 59.4 cm³/mol. The Balaban J connectivity index is 2.35. The summed E-state index contributed by atoms with van der Waals surface area (Å²) in [6, 6.07) is -0.398. The van der Waals surface area contributed by atoms with Crippen LogP contribution in [0.2, 0.25) is 10.4 Å². The van der Waals surface area contributed by atoms with Gasteiger partial charge in [0.1, 0.15) is 6.04 Å². The molecule has 1 fully saturated rings. The number of nitrogens with zero attached hydrogens (tertiary/aromatic N) is 4. The predicted octanol–water partition coefficient (Wildman–Crippen LogP) is 0.632. The van der Waals surface area contributed by atoms with Crippen LogP contribution < -0.4 is 10.6 Å². The van der Waals surface area contributed by atoms with Crippen LogP contribution in [0, 0.1) is 0 Å². The van der Waals surface area contributed by atoms with Crippen molar-refractivity contribution in [2.45, 2.75) is 18.9 Å². The van der Waals surface area contributed by atoms with Gasteiger partial charge in [0.15, 0.2) is 11.0 Å². The summed E-state index contributed by atoms with van der Waals surface area (Å²) in [5.74, 6) is -0.0359. The quantitative estimate of drug-likeness (QED) is 0.845. The van der Waals surface area contributed by atoms with Crippen LogP contribution in [0.5, 0.6) is 0 Å². The Morgan fingerprint density at radius 3 is 2.88 bits per heavy atom. The molecule has 0 radical (unpaired) electrons. The first-order valence-electron chi connectivity index (χ1n) is 4.71. The number of primary amides is 1. The van der Waals surface area contributed by atoms with Gasteiger partial charge in [-0.3, -0.25) is 4.79 Å². The van der Waals surface area contributed by atoms with Crippen LogP contribution in [0.15, 0.2) is 0 Å². The summed E-state index contributed by atoms with van der Waals surface area (Å²) in [6.07, 6.45) is 1.54. The van der Waals surface area contributed by atoms with Crippen molar-refractivity contribution in [3.05, 3.63) is 10.4 Å². The Hall–Kier alpha value is -1.14. The molecule has 1 saturated heterocycles. The highest BCUT2D eigenvalue weighted by molar-refractivity contribution is 6.32. The minimum atomic E-state index is -0.400. The first-order valence-corrected chi connectivity index (χ1v) is 5.47. The number of nitrogens with two attached hydrogens (primary N) is 1. The Morgan fingerprint density at radius 1 is 1.44 bits per heavy atom. The van der Waals surface area contributed by atoms with Crippen molar-refractivity contribution in [3.8, 4) is 0 Å². The number of aromatic nitrogens is 3. The molecule has 0 saturated carbocycles. The summed E-state index contributed by atoms with van der Waals surface area (Å²) in [6.45, 7) is 0.655. The van der Waals surface area contributed by atoms with Gasteiger partial charge < -0.3 is 10.6 Å². The van der Waals surface area contributed by atoms with Crippen LogP contribution >= 0.6 is 23.2 Å². The molecule has 0 aromatic carbocycles. The van der Waals surface area contributed by atoms with Gasteiger partial charge in [-0.15, -0.1) is 10.2 Å². The summed E-state index contributed by atoms with van der Waals surface area (Å²) in [7, 11) is 0. The van der Waals surface area contributed by atoms with Crippen LogP contribution in [0.25, 0.3) is 0 Å². The summed E-state index contributed by atoms with van der Waals surface area (Å²) in [5, 5.41) is 7.27. The minimum absolute atomic E-state index is 0.00507. The highest BCUT2D eigenvalue weighted by Crippen LogP contribution is 2.28. The van der Waals surface area contributed by atoms with Crippen molar-refractivity contribution in [2.75, 3.05) is 11.4 Å². The van der Waals surface area contributed by atoms with Crippen molar-refractivity contribution < 1.29 is 4.79 Å². The molecule has 86 valence electrons. The molecule has 1 aromatic rings. The van der Waals surface area contributed by atoms with Gasteiger partial charge in [-0.25, -0.2) is 0 Å². The molecule has 0 spiro atoms. The number of carbonyl (C=O) groups excluding carboxylic acids is 1. The zero-order valence-corrected chi connectivity index (χ0v) is 9.74. The molecule has 1 unspecified atom stereocenters. The van der Waals surface area contributed by atoms with Gasteiger partial charge in [-0.1, -0.05) is 11.6 Å². The second-order valence-corrected chi connectivity index (χ2v) is 4.15. The van der Waals surface area contributed by atoms with E-state index in [2.05, 4.69) is 15.2 Å². The molecule has 1 amide bonds. The van der Waals surface area contributed by atoms with Gasteiger partial charge in [0.25, 0.3) is 0 Å². The first-order chi connectivity index (χ1) is 7.59. The van der Waals surface area contributed by atoms with Crippen molar-refractivity contribution in [1.82, 2.24) is 15.2 Å². The lowest BCUT2D eigenvalue weighted by Gasteiger charge is -2.23. The zero-order chi connectivity index (χ0) is 11.7. The molecule has 2 N–H and O–H groups in total. The molecule has 1 aromatic heterocycles. The van der Waals surface area contributed by atoms with E-state index < -0.39 is 11.9 Å². The van der Waals surface area contributed by atoms with E-state index in [0.717, 1.165) is 6.42 Å². The molecule has 0 aliphatic carbocycles. The van der Waals surface area contributed by atoms with E-state index in [1.54, 1.807) is 4.90 Å². The van der Waals surface area contributed by atoms with Crippen LogP contribution in [0.1, 0.15) is 12.8 Å². The van der Waals surface area contributed by atoms with Gasteiger partial charge in [0.2, 0.25) is 11.2 Å². The molecule has 0 bridgehead atoms. The molecule has 8 heteroatoms. The number of halogens is 2. The second-order valence-electron chi connectivity index (χ2n) is 3.45. The van der Waals surface area contributed by atoms with Gasteiger partial charge in [-0.05, 0) is 24.4 Å². The van der Waals surface area contributed by atoms with E-state index >= 15 is 0 Å². The molecular weight excluding hydrogens is 253 g/mol. The molecule has 6 nitrogen and oxygen atoms in total. The smallest absolute Gasteiger partial charge is 0.245 e. The van der Waals surface area contributed by atoms with E-state index in [-0.39, 0.29) is 10.4 Å². The Labute approximate surface area is 102 Å². The maximum Gasteiger partial charge on any atom is 0.245 e. The Morgan fingerprint density at radius 2 is 2.19 bits per heavy atom. The Kier molecular flexibility index (Phi) is 3.11.